The van der Waals surface area contributed by atoms with Gasteiger partial charge in [0.05, 0.1) is 35.4 Å². The monoisotopic (exact) mass is 524 g/mol. The Morgan fingerprint density at radius 3 is 2.50 bits per heavy atom. The van der Waals surface area contributed by atoms with E-state index in [1.54, 1.807) is 0 Å². The van der Waals surface area contributed by atoms with Crippen molar-refractivity contribution in [3.63, 3.8) is 0 Å². The highest BCUT2D eigenvalue weighted by atomic mass is 16.7. The van der Waals surface area contributed by atoms with E-state index in [-0.39, 0.29) is 23.9 Å². The molecule has 2 N–H and O–H groups in total. The first-order valence-corrected chi connectivity index (χ1v) is 13.9. The first-order valence-electron chi connectivity index (χ1n) is 13.9. The molecular weight excluding hydrogens is 483 g/mol. The van der Waals surface area contributed by atoms with Gasteiger partial charge in [-0.15, -0.1) is 0 Å². The minimum atomic E-state index is -0.662. The number of carbonyl (C=O) groups excluding carboxylic acids is 2. The molecule has 2 aliphatic heterocycles. The van der Waals surface area contributed by atoms with Gasteiger partial charge in [-0.05, 0) is 76.4 Å². The van der Waals surface area contributed by atoms with Crippen LogP contribution in [0.4, 0.5) is 4.79 Å². The van der Waals surface area contributed by atoms with Crippen LogP contribution in [0.5, 0.6) is 0 Å². The van der Waals surface area contributed by atoms with Crippen molar-refractivity contribution in [1.82, 2.24) is 20.2 Å². The number of rotatable bonds is 5. The maximum Gasteiger partial charge on any atom is 0.494 e. The van der Waals surface area contributed by atoms with Gasteiger partial charge in [-0.1, -0.05) is 32.8 Å². The highest BCUT2D eigenvalue weighted by molar-refractivity contribution is 6.62. The molecule has 38 heavy (non-hydrogen) atoms. The molecule has 3 aliphatic rings. The van der Waals surface area contributed by atoms with Gasteiger partial charge in [-0.25, -0.2) is 9.78 Å². The maximum atomic E-state index is 14.0. The number of aromatic amines is 1. The lowest BCUT2D eigenvalue weighted by Crippen LogP contribution is -2.53. The molecule has 4 atom stereocenters. The maximum absolute atomic E-state index is 14.0. The third-order valence-electron chi connectivity index (χ3n) is 9.10. The number of carbonyl (C=O) groups is 2. The molecule has 1 aliphatic carbocycles. The smallest absolute Gasteiger partial charge is 0.453 e. The number of nitrogens with zero attached hydrogens (tertiary/aromatic N) is 2. The average Bonchev–Trinajstić information content (AvgIpc) is 3.52. The number of hydrogen-bond acceptors (Lipinski definition) is 6. The number of benzene rings is 1. The largest absolute Gasteiger partial charge is 0.494 e. The van der Waals surface area contributed by atoms with E-state index in [1.807, 2.05) is 64.6 Å². The molecule has 2 amide bonds. The molecule has 9 nitrogen and oxygen atoms in total. The Bertz CT molecular complexity index is 1200. The van der Waals surface area contributed by atoms with E-state index >= 15 is 0 Å². The Hall–Kier alpha value is -2.59. The fraction of sp³-hybridized carbons (Fsp3) is 0.679. The number of imidazole rings is 1. The number of H-pyrrole nitrogens is 1. The second kappa shape index (κ2) is 9.86. The van der Waals surface area contributed by atoms with Crippen molar-refractivity contribution in [2.45, 2.75) is 103 Å². The Labute approximate surface area is 225 Å². The highest BCUT2D eigenvalue weighted by Crippen LogP contribution is 2.46. The van der Waals surface area contributed by atoms with Gasteiger partial charge in [0.25, 0.3) is 0 Å². The summed E-state index contributed by atoms with van der Waals surface area (Å²) >= 11 is 0. The normalized spacial score (nSPS) is 27.0. The third-order valence-corrected chi connectivity index (χ3v) is 9.10. The van der Waals surface area contributed by atoms with Crippen molar-refractivity contribution >= 4 is 35.6 Å². The van der Waals surface area contributed by atoms with Crippen molar-refractivity contribution in [1.29, 1.82) is 0 Å². The summed E-state index contributed by atoms with van der Waals surface area (Å²) in [5.41, 5.74) is 1.83. The summed E-state index contributed by atoms with van der Waals surface area (Å²) in [7, 11) is 0.860. The molecule has 5 rings (SSSR count). The van der Waals surface area contributed by atoms with Crippen LogP contribution in [0.25, 0.3) is 11.0 Å². The number of fused-ring (bicyclic) bond motifs is 2. The van der Waals surface area contributed by atoms with Crippen LogP contribution in [0, 0.1) is 11.8 Å². The van der Waals surface area contributed by atoms with E-state index in [9.17, 15) is 9.59 Å². The minimum absolute atomic E-state index is 0.0665. The molecule has 0 spiro atoms. The van der Waals surface area contributed by atoms with Crippen LogP contribution in [-0.4, -0.2) is 64.4 Å². The molecule has 0 radical (unpaired) electrons. The number of methoxy groups -OCH3 is 1. The molecule has 1 unspecified atom stereocenters. The highest BCUT2D eigenvalue weighted by Gasteiger charge is 2.52. The lowest BCUT2D eigenvalue weighted by molar-refractivity contribution is -0.138. The zero-order chi connectivity index (χ0) is 27.4. The van der Waals surface area contributed by atoms with E-state index in [2.05, 4.69) is 10.3 Å². The van der Waals surface area contributed by atoms with Gasteiger partial charge in [-0.2, -0.15) is 0 Å². The summed E-state index contributed by atoms with van der Waals surface area (Å²) in [6, 6.07) is 5.34. The van der Waals surface area contributed by atoms with Crippen LogP contribution in [0.15, 0.2) is 18.2 Å². The summed E-state index contributed by atoms with van der Waals surface area (Å²) in [5, 5.41) is 2.78. The van der Waals surface area contributed by atoms with Gasteiger partial charge >= 0.3 is 13.2 Å². The summed E-state index contributed by atoms with van der Waals surface area (Å²) in [5.74, 6) is 1.07. The van der Waals surface area contributed by atoms with Gasteiger partial charge in [0.2, 0.25) is 5.91 Å². The Balaban J connectivity index is 1.46. The van der Waals surface area contributed by atoms with Crippen molar-refractivity contribution in [3.8, 4) is 0 Å². The van der Waals surface area contributed by atoms with Gasteiger partial charge in [0.1, 0.15) is 11.9 Å². The van der Waals surface area contributed by atoms with Gasteiger partial charge < -0.3 is 29.2 Å². The van der Waals surface area contributed by atoms with Crippen LogP contribution in [0.3, 0.4) is 0 Å². The molecule has 10 heteroatoms. The first-order chi connectivity index (χ1) is 17.9. The molecule has 1 aromatic carbocycles. The Morgan fingerprint density at radius 2 is 1.84 bits per heavy atom. The van der Waals surface area contributed by atoms with Crippen molar-refractivity contribution in [3.05, 3.63) is 24.0 Å². The second-order valence-electron chi connectivity index (χ2n) is 12.5. The summed E-state index contributed by atoms with van der Waals surface area (Å²) < 4.78 is 17.3. The number of hydrogen-bond donors (Lipinski definition) is 2. The van der Waals surface area contributed by atoms with Crippen LogP contribution < -0.4 is 10.8 Å². The quantitative estimate of drug-likeness (QED) is 0.572. The predicted octanol–water partition coefficient (Wildman–Crippen LogP) is 4.07. The van der Waals surface area contributed by atoms with E-state index in [1.165, 1.54) is 13.5 Å². The summed E-state index contributed by atoms with van der Waals surface area (Å²) in [6.07, 6.45) is 4.64. The number of likely N-dealkylation sites (tertiary alicyclic amines) is 1. The Kier molecular flexibility index (Phi) is 7.01. The zero-order valence-electron chi connectivity index (χ0n) is 23.7. The van der Waals surface area contributed by atoms with Crippen LogP contribution in [0.1, 0.15) is 85.5 Å². The zero-order valence-corrected chi connectivity index (χ0v) is 23.7. The topological polar surface area (TPSA) is 106 Å². The number of aromatic nitrogens is 2. The minimum Gasteiger partial charge on any atom is -0.453 e. The third kappa shape index (κ3) is 4.70. The van der Waals surface area contributed by atoms with Crippen LogP contribution in [0.2, 0.25) is 0 Å². The standard InChI is InChI=1S/C28H41BN4O5/c1-16(2)23(32-26(35)36-7)25(34)33-21-11-9-8-10-17(21)14-22(33)24-30-19-13-12-18(15-20(19)31-24)29-37-27(3,4)28(5,6)38-29/h12-13,15-17,21-23H,8-11,14H2,1-7H3,(H,30,31)(H,32,35)/t17-,21-,22-,23?/m0/s1. The van der Waals surface area contributed by atoms with Crippen LogP contribution >= 0.6 is 0 Å². The predicted molar refractivity (Wildman–Crippen MR) is 146 cm³/mol. The van der Waals surface area contributed by atoms with Crippen molar-refractivity contribution in [2.24, 2.45) is 11.8 Å². The average molecular weight is 524 g/mol. The van der Waals surface area contributed by atoms with Crippen molar-refractivity contribution < 1.29 is 23.6 Å². The lowest BCUT2D eigenvalue weighted by Gasteiger charge is -2.36. The van der Waals surface area contributed by atoms with Gasteiger partial charge in [-0.3, -0.25) is 4.79 Å². The first kappa shape index (κ1) is 27.0. The molecule has 3 fully saturated rings. The number of alkyl carbamates (subject to hydrolysis) is 1. The molecule has 2 saturated heterocycles. The summed E-state index contributed by atoms with van der Waals surface area (Å²) in [6.45, 7) is 12.1. The van der Waals surface area contributed by atoms with Crippen molar-refractivity contribution in [2.75, 3.05) is 7.11 Å². The number of amides is 2. The second-order valence-corrected chi connectivity index (χ2v) is 12.5. The molecule has 2 aromatic rings. The fourth-order valence-electron chi connectivity index (χ4n) is 6.21. The van der Waals surface area contributed by atoms with Gasteiger partial charge in [0, 0.05) is 6.04 Å². The molecular formula is C28H41BN4O5. The molecule has 0 bridgehead atoms. The number of nitrogens with one attached hydrogen (secondary N) is 2. The van der Waals surface area contributed by atoms with E-state index in [0.29, 0.717) is 5.92 Å². The van der Waals surface area contributed by atoms with Gasteiger partial charge in [0.15, 0.2) is 0 Å². The van der Waals surface area contributed by atoms with E-state index < -0.39 is 30.5 Å². The summed E-state index contributed by atoms with van der Waals surface area (Å²) in [4.78, 5) is 36.6. The molecule has 206 valence electrons. The van der Waals surface area contributed by atoms with E-state index in [0.717, 1.165) is 48.0 Å². The van der Waals surface area contributed by atoms with Crippen LogP contribution in [-0.2, 0) is 18.8 Å². The van der Waals surface area contributed by atoms with E-state index in [4.69, 9.17) is 19.0 Å². The molecule has 1 aromatic heterocycles. The lowest BCUT2D eigenvalue weighted by atomic mass is 9.79. The Morgan fingerprint density at radius 1 is 1.16 bits per heavy atom. The fourth-order valence-corrected chi connectivity index (χ4v) is 6.21. The molecule has 1 saturated carbocycles. The number of ether oxygens (including phenoxy) is 1. The SMILES string of the molecule is COC(=O)NC(C(=O)N1[C@H](c2nc3ccc(B4OC(C)(C)C(C)(C)O4)cc3[nH]2)C[C@@H]2CCCC[C@@H]21)C(C)C. The molecule has 3 heterocycles.